The molecule has 0 spiro atoms. The molecule has 0 aliphatic rings. The second-order valence-electron chi connectivity index (χ2n) is 5.47. The SMILES string of the molecule is C=C(OP(=O)(Oc1ccccc1)Oc1ccccc1)C(=O)c1ccccc1. The molecule has 27 heavy (non-hydrogen) atoms. The number of allylic oxidation sites excluding steroid dienone is 1. The van der Waals surface area contributed by atoms with Crippen molar-refractivity contribution in [1.29, 1.82) is 0 Å². The van der Waals surface area contributed by atoms with Crippen LogP contribution in [0.25, 0.3) is 0 Å². The zero-order valence-corrected chi connectivity index (χ0v) is 15.3. The van der Waals surface area contributed by atoms with Crippen LogP contribution < -0.4 is 9.05 Å². The Morgan fingerprint density at radius 2 is 1.11 bits per heavy atom. The van der Waals surface area contributed by atoms with Crippen molar-refractivity contribution in [3.8, 4) is 11.5 Å². The van der Waals surface area contributed by atoms with E-state index in [0.717, 1.165) is 0 Å². The minimum atomic E-state index is -4.21. The predicted octanol–water partition coefficient (Wildman–Crippen LogP) is 5.67. The van der Waals surface area contributed by atoms with Gasteiger partial charge >= 0.3 is 7.82 Å². The van der Waals surface area contributed by atoms with Crippen LogP contribution in [0.15, 0.2) is 103 Å². The van der Waals surface area contributed by atoms with Gasteiger partial charge in [-0.15, -0.1) is 0 Å². The van der Waals surface area contributed by atoms with Gasteiger partial charge in [0.25, 0.3) is 0 Å². The third-order valence-corrected chi connectivity index (χ3v) is 4.74. The zero-order valence-electron chi connectivity index (χ0n) is 14.4. The molecular weight excluding hydrogens is 363 g/mol. The molecule has 3 aromatic carbocycles. The van der Waals surface area contributed by atoms with Gasteiger partial charge in [-0.2, -0.15) is 4.57 Å². The fourth-order valence-electron chi connectivity index (χ4n) is 2.20. The maximum Gasteiger partial charge on any atom is 0.647 e. The first-order chi connectivity index (χ1) is 13.1. The highest BCUT2D eigenvalue weighted by atomic mass is 31.2. The summed E-state index contributed by atoms with van der Waals surface area (Å²) in [5.41, 5.74) is 0.355. The number of rotatable bonds is 8. The van der Waals surface area contributed by atoms with Gasteiger partial charge in [0.2, 0.25) is 5.78 Å². The number of carbonyl (C=O) groups is 1. The minimum Gasteiger partial charge on any atom is -0.386 e. The lowest BCUT2D eigenvalue weighted by Crippen LogP contribution is -2.10. The molecule has 0 saturated carbocycles. The first-order valence-corrected chi connectivity index (χ1v) is 9.59. The molecule has 5 nitrogen and oxygen atoms in total. The molecule has 0 atom stereocenters. The summed E-state index contributed by atoms with van der Waals surface area (Å²) in [5, 5.41) is 0. The number of phosphoric acid groups is 1. The number of hydrogen-bond acceptors (Lipinski definition) is 5. The average Bonchev–Trinajstić information content (AvgIpc) is 2.69. The van der Waals surface area contributed by atoms with Crippen molar-refractivity contribution in [2.45, 2.75) is 0 Å². The van der Waals surface area contributed by atoms with Crippen LogP contribution in [0.5, 0.6) is 11.5 Å². The number of carbonyl (C=O) groups excluding carboxylic acids is 1. The normalized spacial score (nSPS) is 10.7. The quantitative estimate of drug-likeness (QED) is 0.218. The first kappa shape index (κ1) is 18.5. The highest BCUT2D eigenvalue weighted by Gasteiger charge is 2.35. The summed E-state index contributed by atoms with van der Waals surface area (Å²) in [5.74, 6) is -0.297. The first-order valence-electron chi connectivity index (χ1n) is 8.13. The molecule has 0 bridgehead atoms. The van der Waals surface area contributed by atoms with Crippen LogP contribution in [0.2, 0.25) is 0 Å². The molecule has 0 aliphatic heterocycles. The molecule has 0 amide bonds. The van der Waals surface area contributed by atoms with E-state index in [1.807, 2.05) is 0 Å². The summed E-state index contributed by atoms with van der Waals surface area (Å²) in [6, 6.07) is 25.3. The van der Waals surface area contributed by atoms with Crippen LogP contribution in [0.3, 0.4) is 0 Å². The van der Waals surface area contributed by atoms with Gasteiger partial charge in [-0.05, 0) is 24.3 Å². The molecule has 6 heteroatoms. The van der Waals surface area contributed by atoms with E-state index < -0.39 is 13.6 Å². The van der Waals surface area contributed by atoms with Crippen LogP contribution in [0.4, 0.5) is 0 Å². The van der Waals surface area contributed by atoms with Gasteiger partial charge < -0.3 is 13.6 Å². The van der Waals surface area contributed by atoms with Gasteiger partial charge in [0.05, 0.1) is 0 Å². The van der Waals surface area contributed by atoms with Gasteiger partial charge in [-0.3, -0.25) is 4.79 Å². The summed E-state index contributed by atoms with van der Waals surface area (Å²) < 4.78 is 29.5. The number of Topliss-reactive ketones (excluding diaryl/α,β-unsaturated/α-hetero) is 1. The van der Waals surface area contributed by atoms with E-state index in [9.17, 15) is 9.36 Å². The van der Waals surface area contributed by atoms with Gasteiger partial charge in [-0.25, -0.2) is 0 Å². The second-order valence-corrected chi connectivity index (χ2v) is 6.91. The van der Waals surface area contributed by atoms with Crippen molar-refractivity contribution in [1.82, 2.24) is 0 Å². The van der Waals surface area contributed by atoms with Crippen molar-refractivity contribution in [2.75, 3.05) is 0 Å². The Balaban J connectivity index is 1.84. The van der Waals surface area contributed by atoms with Gasteiger partial charge in [0.1, 0.15) is 11.5 Å². The Kier molecular flexibility index (Phi) is 5.74. The monoisotopic (exact) mass is 380 g/mol. The molecule has 3 aromatic rings. The largest absolute Gasteiger partial charge is 0.647 e. The molecule has 0 radical (unpaired) electrons. The van der Waals surface area contributed by atoms with Crippen LogP contribution in [-0.4, -0.2) is 5.78 Å². The molecule has 136 valence electrons. The summed E-state index contributed by atoms with van der Waals surface area (Å²) in [6.07, 6.45) is 0. The maximum atomic E-state index is 13.2. The van der Waals surface area contributed by atoms with Crippen LogP contribution in [0.1, 0.15) is 10.4 Å². The van der Waals surface area contributed by atoms with E-state index in [1.54, 1.807) is 91.0 Å². The molecule has 0 saturated heterocycles. The van der Waals surface area contributed by atoms with Crippen LogP contribution in [0, 0.1) is 0 Å². The van der Waals surface area contributed by atoms with E-state index in [2.05, 4.69) is 6.58 Å². The maximum absolute atomic E-state index is 13.2. The van der Waals surface area contributed by atoms with E-state index in [0.29, 0.717) is 5.56 Å². The lowest BCUT2D eigenvalue weighted by Gasteiger charge is -2.20. The average molecular weight is 380 g/mol. The molecule has 3 rings (SSSR count). The van der Waals surface area contributed by atoms with E-state index in [-0.39, 0.29) is 17.3 Å². The Labute approximate surface area is 157 Å². The predicted molar refractivity (Wildman–Crippen MR) is 103 cm³/mol. The Morgan fingerprint density at radius 1 is 0.704 bits per heavy atom. The van der Waals surface area contributed by atoms with Crippen LogP contribution in [-0.2, 0) is 9.09 Å². The van der Waals surface area contributed by atoms with Crippen molar-refractivity contribution in [3.63, 3.8) is 0 Å². The lowest BCUT2D eigenvalue weighted by molar-refractivity contribution is 0.0972. The Morgan fingerprint density at radius 3 is 1.56 bits per heavy atom. The summed E-state index contributed by atoms with van der Waals surface area (Å²) in [7, 11) is -4.21. The minimum absolute atomic E-state index is 0.275. The van der Waals surface area contributed by atoms with Gasteiger partial charge in [-0.1, -0.05) is 73.3 Å². The molecule has 0 aromatic heterocycles. The standard InChI is InChI=1S/C21H17O5P/c1-17(21(22)18-11-5-2-6-12-18)24-27(23,25-19-13-7-3-8-14-19)26-20-15-9-4-10-16-20/h2-16H,1H2. The number of hydrogen-bond donors (Lipinski definition) is 0. The summed E-state index contributed by atoms with van der Waals surface area (Å²) in [6.45, 7) is 3.60. The van der Waals surface area contributed by atoms with Crippen molar-refractivity contribution < 1.29 is 22.9 Å². The molecule has 0 unspecified atom stereocenters. The zero-order chi connectivity index (χ0) is 19.1. The number of ketones is 1. The smallest absolute Gasteiger partial charge is 0.386 e. The summed E-state index contributed by atoms with van der Waals surface area (Å²) in [4.78, 5) is 12.5. The van der Waals surface area contributed by atoms with Gasteiger partial charge in [0, 0.05) is 5.56 Å². The Hall–Kier alpha value is -3.30. The highest BCUT2D eigenvalue weighted by molar-refractivity contribution is 7.49. The van der Waals surface area contributed by atoms with Crippen LogP contribution >= 0.6 is 7.82 Å². The lowest BCUT2D eigenvalue weighted by atomic mass is 10.1. The molecule has 0 fully saturated rings. The van der Waals surface area contributed by atoms with Gasteiger partial charge in [0.15, 0.2) is 5.76 Å². The fourth-order valence-corrected chi connectivity index (χ4v) is 3.43. The third-order valence-electron chi connectivity index (χ3n) is 3.43. The Bertz CT molecular complexity index is 910. The van der Waals surface area contributed by atoms with E-state index in [4.69, 9.17) is 13.6 Å². The third kappa shape index (κ3) is 5.09. The van der Waals surface area contributed by atoms with Crippen molar-refractivity contribution in [2.24, 2.45) is 0 Å². The molecule has 0 heterocycles. The number of para-hydroxylation sites is 2. The van der Waals surface area contributed by atoms with Crippen molar-refractivity contribution >= 4 is 13.6 Å². The molecular formula is C21H17O5P. The number of phosphoric ester groups is 1. The van der Waals surface area contributed by atoms with E-state index in [1.165, 1.54) is 0 Å². The van der Waals surface area contributed by atoms with E-state index >= 15 is 0 Å². The fraction of sp³-hybridized carbons (Fsp3) is 0. The second kappa shape index (κ2) is 8.39. The highest BCUT2D eigenvalue weighted by Crippen LogP contribution is 2.51. The number of benzene rings is 3. The molecule has 0 aliphatic carbocycles. The molecule has 0 N–H and O–H groups in total. The summed E-state index contributed by atoms with van der Waals surface area (Å²) >= 11 is 0. The van der Waals surface area contributed by atoms with Crippen molar-refractivity contribution in [3.05, 3.63) is 109 Å². The topological polar surface area (TPSA) is 61.8 Å².